The first-order valence-corrected chi connectivity index (χ1v) is 4.84. The Morgan fingerprint density at radius 3 is 2.93 bits per heavy atom. The third-order valence-electron chi connectivity index (χ3n) is 1.94. The van der Waals surface area contributed by atoms with Crippen molar-refractivity contribution in [2.45, 2.75) is 6.10 Å². The third kappa shape index (κ3) is 1.86. The van der Waals surface area contributed by atoms with Gasteiger partial charge in [-0.05, 0) is 17.7 Å². The molecule has 15 heavy (non-hydrogen) atoms. The summed E-state index contributed by atoms with van der Waals surface area (Å²) in [6.07, 6.45) is -1.54. The van der Waals surface area contributed by atoms with Gasteiger partial charge < -0.3 is 14.6 Å². The summed E-state index contributed by atoms with van der Waals surface area (Å²) in [5, 5.41) is 17.9. The monoisotopic (exact) mass is 271 g/mol. The Labute approximate surface area is 92.5 Å². The lowest BCUT2D eigenvalue weighted by Crippen LogP contribution is -2.10. The van der Waals surface area contributed by atoms with Gasteiger partial charge in [0, 0.05) is 15.9 Å². The first kappa shape index (κ1) is 10.1. The van der Waals surface area contributed by atoms with Crippen LogP contribution in [0.2, 0.25) is 0 Å². The second kappa shape index (κ2) is 3.63. The number of carbonyl (C=O) groups is 1. The minimum atomic E-state index is -1.54. The van der Waals surface area contributed by atoms with E-state index in [2.05, 4.69) is 20.9 Å². The van der Waals surface area contributed by atoms with Crippen LogP contribution in [0.15, 0.2) is 27.4 Å². The van der Waals surface area contributed by atoms with Crippen LogP contribution in [0, 0.1) is 0 Å². The lowest BCUT2D eigenvalue weighted by molar-refractivity contribution is -0.146. The maximum Gasteiger partial charge on any atom is 0.337 e. The first-order chi connectivity index (χ1) is 7.08. The van der Waals surface area contributed by atoms with Gasteiger partial charge in [-0.2, -0.15) is 0 Å². The smallest absolute Gasteiger partial charge is 0.337 e. The fraction of sp³-hybridized carbons (Fsp3) is 0.111. The van der Waals surface area contributed by atoms with Crippen molar-refractivity contribution in [3.63, 3.8) is 0 Å². The molecule has 1 atom stereocenters. The standard InChI is InChI=1S/C9H6BrNO4/c10-9-11-5-3-4(7(12)8(13)14)1-2-6(5)15-9/h1-3,7,12H,(H,13,14). The van der Waals surface area contributed by atoms with Gasteiger partial charge in [-0.1, -0.05) is 6.07 Å². The molecule has 5 nitrogen and oxygen atoms in total. The predicted molar refractivity (Wildman–Crippen MR) is 54.3 cm³/mol. The predicted octanol–water partition coefficient (Wildman–Crippen LogP) is 1.71. The number of hydrogen-bond donors (Lipinski definition) is 2. The molecule has 0 spiro atoms. The topological polar surface area (TPSA) is 83.6 Å². The number of carboxylic acids is 1. The zero-order chi connectivity index (χ0) is 11.0. The average molecular weight is 272 g/mol. The van der Waals surface area contributed by atoms with Crippen molar-refractivity contribution >= 4 is 33.0 Å². The van der Waals surface area contributed by atoms with Crippen molar-refractivity contribution in [1.29, 1.82) is 0 Å². The number of aliphatic carboxylic acids is 1. The SMILES string of the molecule is O=C(O)C(O)c1ccc2oc(Br)nc2c1. The van der Waals surface area contributed by atoms with Gasteiger partial charge >= 0.3 is 5.97 Å². The fourth-order valence-electron chi connectivity index (χ4n) is 1.23. The highest BCUT2D eigenvalue weighted by molar-refractivity contribution is 9.10. The van der Waals surface area contributed by atoms with Gasteiger partial charge in [0.1, 0.15) is 5.52 Å². The van der Waals surface area contributed by atoms with Crippen molar-refractivity contribution in [2.24, 2.45) is 0 Å². The lowest BCUT2D eigenvalue weighted by Gasteiger charge is -2.03. The molecule has 6 heteroatoms. The first-order valence-electron chi connectivity index (χ1n) is 4.05. The second-order valence-corrected chi connectivity index (χ2v) is 3.61. The van der Waals surface area contributed by atoms with E-state index in [9.17, 15) is 9.90 Å². The van der Waals surface area contributed by atoms with Crippen molar-refractivity contribution < 1.29 is 19.4 Å². The van der Waals surface area contributed by atoms with E-state index in [0.29, 0.717) is 15.9 Å². The van der Waals surface area contributed by atoms with Gasteiger partial charge in [0.15, 0.2) is 11.7 Å². The number of fused-ring (bicyclic) bond motifs is 1. The van der Waals surface area contributed by atoms with E-state index in [-0.39, 0.29) is 5.56 Å². The molecule has 1 heterocycles. The van der Waals surface area contributed by atoms with Gasteiger partial charge in [-0.25, -0.2) is 9.78 Å². The van der Waals surface area contributed by atoms with Crippen LogP contribution in [-0.2, 0) is 4.79 Å². The number of halogens is 1. The highest BCUT2D eigenvalue weighted by atomic mass is 79.9. The van der Waals surface area contributed by atoms with Crippen LogP contribution < -0.4 is 0 Å². The van der Waals surface area contributed by atoms with E-state index in [1.54, 1.807) is 6.07 Å². The molecule has 2 aromatic rings. The van der Waals surface area contributed by atoms with E-state index in [0.717, 1.165) is 0 Å². The van der Waals surface area contributed by atoms with Gasteiger partial charge in [-0.3, -0.25) is 0 Å². The zero-order valence-corrected chi connectivity index (χ0v) is 8.93. The van der Waals surface area contributed by atoms with Gasteiger partial charge in [0.25, 0.3) is 4.80 Å². The van der Waals surface area contributed by atoms with Crippen LogP contribution in [0.5, 0.6) is 0 Å². The minimum absolute atomic E-state index is 0.274. The van der Waals surface area contributed by atoms with Crippen LogP contribution in [0.1, 0.15) is 11.7 Å². The Morgan fingerprint density at radius 2 is 2.27 bits per heavy atom. The molecule has 1 aromatic heterocycles. The molecule has 0 saturated heterocycles. The molecule has 0 radical (unpaired) electrons. The second-order valence-electron chi connectivity index (χ2n) is 2.93. The Hall–Kier alpha value is -1.40. The van der Waals surface area contributed by atoms with Crippen molar-refractivity contribution in [3.8, 4) is 0 Å². The number of hydrogen-bond acceptors (Lipinski definition) is 4. The van der Waals surface area contributed by atoms with Crippen LogP contribution in [-0.4, -0.2) is 21.2 Å². The van der Waals surface area contributed by atoms with E-state index in [1.165, 1.54) is 12.1 Å². The molecule has 0 aliphatic carbocycles. The molecule has 1 unspecified atom stereocenters. The number of benzene rings is 1. The summed E-state index contributed by atoms with van der Waals surface area (Å²) in [5.74, 6) is -1.29. The Kier molecular flexibility index (Phi) is 2.45. The molecule has 0 saturated carbocycles. The molecular weight excluding hydrogens is 266 g/mol. The number of aliphatic hydroxyl groups excluding tert-OH is 1. The van der Waals surface area contributed by atoms with Crippen LogP contribution in [0.3, 0.4) is 0 Å². The number of nitrogens with zero attached hydrogens (tertiary/aromatic N) is 1. The van der Waals surface area contributed by atoms with E-state index in [4.69, 9.17) is 9.52 Å². The third-order valence-corrected chi connectivity index (χ3v) is 2.27. The summed E-state index contributed by atoms with van der Waals surface area (Å²) in [6.45, 7) is 0. The summed E-state index contributed by atoms with van der Waals surface area (Å²) in [7, 11) is 0. The molecule has 2 rings (SSSR count). The maximum atomic E-state index is 10.5. The van der Waals surface area contributed by atoms with Crippen molar-refractivity contribution in [2.75, 3.05) is 0 Å². The molecule has 78 valence electrons. The highest BCUT2D eigenvalue weighted by Crippen LogP contribution is 2.23. The number of aromatic nitrogens is 1. The van der Waals surface area contributed by atoms with Crippen molar-refractivity contribution in [3.05, 3.63) is 28.6 Å². The summed E-state index contributed by atoms with van der Waals surface area (Å²) in [4.78, 5) is 14.8. The zero-order valence-electron chi connectivity index (χ0n) is 7.35. The van der Waals surface area contributed by atoms with Gasteiger partial charge in [0.05, 0.1) is 0 Å². The number of aliphatic hydroxyl groups is 1. The minimum Gasteiger partial charge on any atom is -0.479 e. The maximum absolute atomic E-state index is 10.5. The largest absolute Gasteiger partial charge is 0.479 e. The molecule has 0 bridgehead atoms. The van der Waals surface area contributed by atoms with E-state index >= 15 is 0 Å². The summed E-state index contributed by atoms with van der Waals surface area (Å²) in [6, 6.07) is 4.52. The summed E-state index contributed by atoms with van der Waals surface area (Å²) >= 11 is 3.06. The summed E-state index contributed by atoms with van der Waals surface area (Å²) in [5.41, 5.74) is 1.30. The lowest BCUT2D eigenvalue weighted by atomic mass is 10.1. The summed E-state index contributed by atoms with van der Waals surface area (Å²) < 4.78 is 5.14. The number of rotatable bonds is 2. The quantitative estimate of drug-likeness (QED) is 0.869. The highest BCUT2D eigenvalue weighted by Gasteiger charge is 2.17. The van der Waals surface area contributed by atoms with E-state index in [1.807, 2.05) is 0 Å². The Balaban J connectivity index is 2.50. The number of oxazole rings is 1. The van der Waals surface area contributed by atoms with Gasteiger partial charge in [0.2, 0.25) is 0 Å². The van der Waals surface area contributed by atoms with Crippen molar-refractivity contribution in [1.82, 2.24) is 4.98 Å². The Bertz CT molecular complexity index is 522. The molecule has 1 aromatic carbocycles. The molecular formula is C9H6BrNO4. The normalized spacial score (nSPS) is 12.9. The van der Waals surface area contributed by atoms with Crippen LogP contribution >= 0.6 is 15.9 Å². The number of carboxylic acid groups (broad SMARTS) is 1. The van der Waals surface area contributed by atoms with Crippen LogP contribution in [0.25, 0.3) is 11.1 Å². The molecule has 0 fully saturated rings. The van der Waals surface area contributed by atoms with Gasteiger partial charge in [-0.15, -0.1) is 0 Å². The molecule has 0 aliphatic heterocycles. The Morgan fingerprint density at radius 1 is 1.53 bits per heavy atom. The van der Waals surface area contributed by atoms with E-state index < -0.39 is 12.1 Å². The molecule has 0 aliphatic rings. The molecule has 2 N–H and O–H groups in total. The van der Waals surface area contributed by atoms with Crippen LogP contribution in [0.4, 0.5) is 0 Å². The molecule has 0 amide bonds. The average Bonchev–Trinajstić information content (AvgIpc) is 2.55. The fourth-order valence-corrected chi connectivity index (χ4v) is 1.59.